The number of imide groups is 1. The average Bonchev–Trinajstić information content (AvgIpc) is 2.45. The van der Waals surface area contributed by atoms with Gasteiger partial charge < -0.3 is 10.1 Å². The van der Waals surface area contributed by atoms with Gasteiger partial charge in [-0.15, -0.1) is 0 Å². The predicted octanol–water partition coefficient (Wildman–Crippen LogP) is 1.94. The van der Waals surface area contributed by atoms with E-state index in [1.807, 2.05) is 32.9 Å². The monoisotopic (exact) mass is 306 g/mol. The van der Waals surface area contributed by atoms with Crippen molar-refractivity contribution in [1.82, 2.24) is 10.6 Å². The summed E-state index contributed by atoms with van der Waals surface area (Å²) in [6.07, 6.45) is 0. The molecule has 120 valence electrons. The molecule has 0 atom stereocenters. The van der Waals surface area contributed by atoms with Gasteiger partial charge >= 0.3 is 12.0 Å². The lowest BCUT2D eigenvalue weighted by Crippen LogP contribution is -2.42. The highest BCUT2D eigenvalue weighted by molar-refractivity contribution is 5.97. The summed E-state index contributed by atoms with van der Waals surface area (Å²) >= 11 is 0. The molecule has 0 radical (unpaired) electrons. The quantitative estimate of drug-likeness (QED) is 0.814. The average molecular weight is 306 g/mol. The summed E-state index contributed by atoms with van der Waals surface area (Å²) in [5.41, 5.74) is 2.11. The summed E-state index contributed by atoms with van der Waals surface area (Å²) in [7, 11) is 0. The van der Waals surface area contributed by atoms with Crippen LogP contribution in [0.5, 0.6) is 0 Å². The van der Waals surface area contributed by atoms with Crippen LogP contribution in [0.3, 0.4) is 0 Å². The van der Waals surface area contributed by atoms with Crippen LogP contribution in [0.1, 0.15) is 35.3 Å². The van der Waals surface area contributed by atoms with E-state index in [2.05, 4.69) is 10.6 Å². The number of aryl methyl sites for hydroxylation is 2. The van der Waals surface area contributed by atoms with Gasteiger partial charge in [0, 0.05) is 6.54 Å². The van der Waals surface area contributed by atoms with E-state index < -0.39 is 24.5 Å². The standard InChI is InChI=1S/C16H22N2O4/c1-10(2)8-17-16(21)18-14(19)9-22-15(20)13-7-11(3)5-6-12(13)4/h5-7,10H,8-9H2,1-4H3,(H2,17,18,19,21). The second kappa shape index (κ2) is 8.17. The van der Waals surface area contributed by atoms with Crippen molar-refractivity contribution >= 4 is 17.9 Å². The molecule has 1 rings (SSSR count). The van der Waals surface area contributed by atoms with Crippen molar-refractivity contribution in [3.05, 3.63) is 34.9 Å². The minimum Gasteiger partial charge on any atom is -0.452 e. The van der Waals surface area contributed by atoms with Crippen molar-refractivity contribution in [2.45, 2.75) is 27.7 Å². The number of hydrogen-bond acceptors (Lipinski definition) is 4. The molecule has 0 bridgehead atoms. The summed E-state index contributed by atoms with van der Waals surface area (Å²) in [6, 6.07) is 4.80. The smallest absolute Gasteiger partial charge is 0.338 e. The molecule has 0 aromatic heterocycles. The summed E-state index contributed by atoms with van der Waals surface area (Å²) in [5, 5.41) is 4.64. The van der Waals surface area contributed by atoms with Gasteiger partial charge in [0.1, 0.15) is 0 Å². The molecule has 0 aliphatic heterocycles. The predicted molar refractivity (Wildman–Crippen MR) is 82.6 cm³/mol. The molecule has 0 heterocycles. The second-order valence-corrected chi connectivity index (χ2v) is 5.55. The van der Waals surface area contributed by atoms with Crippen LogP contribution in [0, 0.1) is 19.8 Å². The first-order valence-corrected chi connectivity index (χ1v) is 7.11. The van der Waals surface area contributed by atoms with Gasteiger partial charge in [0.15, 0.2) is 6.61 Å². The Morgan fingerprint density at radius 3 is 2.50 bits per heavy atom. The molecule has 0 saturated heterocycles. The van der Waals surface area contributed by atoms with E-state index in [-0.39, 0.29) is 5.92 Å². The Balaban J connectivity index is 2.45. The minimum absolute atomic E-state index is 0.281. The van der Waals surface area contributed by atoms with Gasteiger partial charge in [-0.25, -0.2) is 9.59 Å². The van der Waals surface area contributed by atoms with Gasteiger partial charge in [0.05, 0.1) is 5.56 Å². The SMILES string of the molecule is Cc1ccc(C)c(C(=O)OCC(=O)NC(=O)NCC(C)C)c1. The topological polar surface area (TPSA) is 84.5 Å². The summed E-state index contributed by atoms with van der Waals surface area (Å²) < 4.78 is 4.92. The van der Waals surface area contributed by atoms with Crippen LogP contribution in [0.15, 0.2) is 18.2 Å². The first kappa shape index (κ1) is 17.7. The molecule has 22 heavy (non-hydrogen) atoms. The molecule has 0 aliphatic carbocycles. The first-order chi connectivity index (χ1) is 10.3. The van der Waals surface area contributed by atoms with E-state index in [1.165, 1.54) is 0 Å². The number of ether oxygens (including phenoxy) is 1. The van der Waals surface area contributed by atoms with Gasteiger partial charge in [-0.3, -0.25) is 10.1 Å². The van der Waals surface area contributed by atoms with E-state index in [9.17, 15) is 14.4 Å². The Kier molecular flexibility index (Phi) is 6.56. The maximum atomic E-state index is 11.9. The van der Waals surface area contributed by atoms with Crippen LogP contribution >= 0.6 is 0 Å². The van der Waals surface area contributed by atoms with Gasteiger partial charge in [-0.1, -0.05) is 31.5 Å². The Hall–Kier alpha value is -2.37. The summed E-state index contributed by atoms with van der Waals surface area (Å²) in [4.78, 5) is 34.8. The first-order valence-electron chi connectivity index (χ1n) is 7.11. The van der Waals surface area contributed by atoms with Crippen molar-refractivity contribution in [2.24, 2.45) is 5.92 Å². The fourth-order valence-electron chi connectivity index (χ4n) is 1.67. The highest BCUT2D eigenvalue weighted by Gasteiger charge is 2.14. The molecular weight excluding hydrogens is 284 g/mol. The summed E-state index contributed by atoms with van der Waals surface area (Å²) in [5.74, 6) is -0.971. The van der Waals surface area contributed by atoms with Crippen LogP contribution in [0.25, 0.3) is 0 Å². The largest absolute Gasteiger partial charge is 0.452 e. The zero-order valence-electron chi connectivity index (χ0n) is 13.4. The van der Waals surface area contributed by atoms with E-state index in [4.69, 9.17) is 4.74 Å². The van der Waals surface area contributed by atoms with Crippen LogP contribution in [0.2, 0.25) is 0 Å². The number of hydrogen-bond donors (Lipinski definition) is 2. The van der Waals surface area contributed by atoms with E-state index in [0.717, 1.165) is 11.1 Å². The molecular formula is C16H22N2O4. The van der Waals surface area contributed by atoms with Gasteiger partial charge in [0.2, 0.25) is 0 Å². The molecule has 3 amide bonds. The van der Waals surface area contributed by atoms with Gasteiger partial charge in [-0.2, -0.15) is 0 Å². The fraction of sp³-hybridized carbons (Fsp3) is 0.438. The normalized spacial score (nSPS) is 10.2. The number of carbonyl (C=O) groups excluding carboxylic acids is 3. The maximum Gasteiger partial charge on any atom is 0.338 e. The van der Waals surface area contributed by atoms with Crippen molar-refractivity contribution in [2.75, 3.05) is 13.2 Å². The zero-order valence-corrected chi connectivity index (χ0v) is 13.4. The number of urea groups is 1. The third kappa shape index (κ3) is 5.95. The van der Waals surface area contributed by atoms with Crippen molar-refractivity contribution in [3.8, 4) is 0 Å². The second-order valence-electron chi connectivity index (χ2n) is 5.55. The van der Waals surface area contributed by atoms with E-state index >= 15 is 0 Å². The van der Waals surface area contributed by atoms with Crippen molar-refractivity contribution < 1.29 is 19.1 Å². The molecule has 1 aromatic carbocycles. The Labute approximate surface area is 130 Å². The van der Waals surface area contributed by atoms with Crippen molar-refractivity contribution in [3.63, 3.8) is 0 Å². The molecule has 6 nitrogen and oxygen atoms in total. The zero-order chi connectivity index (χ0) is 16.7. The highest BCUT2D eigenvalue weighted by atomic mass is 16.5. The van der Waals surface area contributed by atoms with Gasteiger partial charge in [-0.05, 0) is 31.4 Å². The van der Waals surface area contributed by atoms with E-state index in [1.54, 1.807) is 13.0 Å². The molecule has 0 spiro atoms. The molecule has 0 fully saturated rings. The Morgan fingerprint density at radius 1 is 1.18 bits per heavy atom. The lowest BCUT2D eigenvalue weighted by atomic mass is 10.1. The lowest BCUT2D eigenvalue weighted by molar-refractivity contribution is -0.123. The van der Waals surface area contributed by atoms with E-state index in [0.29, 0.717) is 12.1 Å². The molecule has 0 unspecified atom stereocenters. The van der Waals surface area contributed by atoms with Crippen LogP contribution in [-0.2, 0) is 9.53 Å². The van der Waals surface area contributed by atoms with Crippen LogP contribution in [0.4, 0.5) is 4.79 Å². The molecule has 6 heteroatoms. The third-order valence-electron chi connectivity index (χ3n) is 2.87. The molecule has 0 saturated carbocycles. The highest BCUT2D eigenvalue weighted by Crippen LogP contribution is 2.11. The number of nitrogens with one attached hydrogen (secondary N) is 2. The number of carbonyl (C=O) groups is 3. The molecule has 2 N–H and O–H groups in total. The third-order valence-corrected chi connectivity index (χ3v) is 2.87. The summed E-state index contributed by atoms with van der Waals surface area (Å²) in [6.45, 7) is 7.49. The van der Waals surface area contributed by atoms with Crippen LogP contribution in [-0.4, -0.2) is 31.1 Å². The number of rotatable bonds is 5. The lowest BCUT2D eigenvalue weighted by Gasteiger charge is -2.10. The van der Waals surface area contributed by atoms with Crippen molar-refractivity contribution in [1.29, 1.82) is 0 Å². The van der Waals surface area contributed by atoms with Crippen LogP contribution < -0.4 is 10.6 Å². The number of benzene rings is 1. The fourth-order valence-corrected chi connectivity index (χ4v) is 1.67. The molecule has 1 aromatic rings. The van der Waals surface area contributed by atoms with Gasteiger partial charge in [0.25, 0.3) is 5.91 Å². The Bertz CT molecular complexity index is 567. The maximum absolute atomic E-state index is 11.9. The number of amides is 3. The Morgan fingerprint density at radius 2 is 1.86 bits per heavy atom. The number of esters is 1. The molecule has 0 aliphatic rings. The minimum atomic E-state index is -0.667.